The van der Waals surface area contributed by atoms with Gasteiger partial charge in [0.15, 0.2) is 0 Å². The quantitative estimate of drug-likeness (QED) is 0.375. The third kappa shape index (κ3) is 6.22. The van der Waals surface area contributed by atoms with E-state index >= 15 is 0 Å². The molecular weight excluding hydrogens is 150 g/mol. The van der Waals surface area contributed by atoms with Crippen LogP contribution in [0.25, 0.3) is 0 Å². The Morgan fingerprint density at radius 2 is 2.12 bits per heavy atom. The van der Waals surface area contributed by atoms with Crippen LogP contribution in [0.2, 0.25) is 0 Å². The zero-order valence-electron chi connectivity index (χ0n) is 4.03. The second kappa shape index (κ2) is 3.29. The van der Waals surface area contributed by atoms with Crippen LogP contribution in [0.15, 0.2) is 0 Å². The van der Waals surface area contributed by atoms with Crippen LogP contribution < -0.4 is 4.72 Å². The van der Waals surface area contributed by atoms with Crippen molar-refractivity contribution < 1.29 is 13.0 Å². The van der Waals surface area contributed by atoms with E-state index in [0.717, 1.165) is 0 Å². The Balaban J connectivity index is 3.42. The molecule has 0 aromatic carbocycles. The SMILES string of the molecule is O=S(=O)(O)NCCS. The van der Waals surface area contributed by atoms with Gasteiger partial charge >= 0.3 is 10.3 Å². The maximum Gasteiger partial charge on any atom is 0.333 e. The molecule has 0 aromatic rings. The Kier molecular flexibility index (Phi) is 3.38. The molecule has 0 heterocycles. The highest BCUT2D eigenvalue weighted by atomic mass is 32.2. The number of hydrogen-bond donors (Lipinski definition) is 3. The van der Waals surface area contributed by atoms with Gasteiger partial charge in [-0.3, -0.25) is 4.55 Å². The summed E-state index contributed by atoms with van der Waals surface area (Å²) in [5.74, 6) is 0.375. The average Bonchev–Trinajstić information content (AvgIpc) is 1.59. The van der Waals surface area contributed by atoms with E-state index in [1.54, 1.807) is 0 Å². The van der Waals surface area contributed by atoms with Crippen LogP contribution in [0.4, 0.5) is 0 Å². The molecule has 0 atom stereocenters. The smallest absolute Gasteiger partial charge is 0.273 e. The van der Waals surface area contributed by atoms with E-state index in [9.17, 15) is 8.42 Å². The average molecular weight is 157 g/mol. The van der Waals surface area contributed by atoms with Gasteiger partial charge in [0.2, 0.25) is 0 Å². The van der Waals surface area contributed by atoms with Crippen LogP contribution in [0, 0.1) is 0 Å². The Labute approximate surface area is 53.6 Å². The lowest BCUT2D eigenvalue weighted by Gasteiger charge is -1.93. The lowest BCUT2D eigenvalue weighted by Crippen LogP contribution is -2.24. The Morgan fingerprint density at radius 3 is 2.25 bits per heavy atom. The predicted octanol–water partition coefficient (Wildman–Crippen LogP) is -0.691. The van der Waals surface area contributed by atoms with Gasteiger partial charge in [0.25, 0.3) is 0 Å². The molecule has 0 saturated carbocycles. The first-order valence-electron chi connectivity index (χ1n) is 1.89. The summed E-state index contributed by atoms with van der Waals surface area (Å²) in [6, 6.07) is 0. The summed E-state index contributed by atoms with van der Waals surface area (Å²) in [4.78, 5) is 0. The van der Waals surface area contributed by atoms with Gasteiger partial charge in [0, 0.05) is 12.3 Å². The van der Waals surface area contributed by atoms with Crippen molar-refractivity contribution in [3.05, 3.63) is 0 Å². The number of thiol groups is 1. The Bertz CT molecular complexity index is 139. The van der Waals surface area contributed by atoms with Crippen molar-refractivity contribution >= 4 is 22.9 Å². The molecule has 6 heteroatoms. The third-order valence-corrected chi connectivity index (χ3v) is 1.19. The highest BCUT2D eigenvalue weighted by Crippen LogP contribution is 1.73. The van der Waals surface area contributed by atoms with Gasteiger partial charge in [-0.15, -0.1) is 0 Å². The van der Waals surface area contributed by atoms with Crippen molar-refractivity contribution in [2.24, 2.45) is 0 Å². The number of nitrogens with one attached hydrogen (secondary N) is 1. The van der Waals surface area contributed by atoms with Crippen molar-refractivity contribution in [2.75, 3.05) is 12.3 Å². The van der Waals surface area contributed by atoms with Gasteiger partial charge in [0.05, 0.1) is 0 Å². The molecule has 0 aliphatic heterocycles. The maximum atomic E-state index is 9.80. The van der Waals surface area contributed by atoms with Gasteiger partial charge in [-0.05, 0) is 0 Å². The first-order valence-corrected chi connectivity index (χ1v) is 3.96. The Morgan fingerprint density at radius 1 is 1.62 bits per heavy atom. The Hall–Kier alpha value is 0.220. The second-order valence-corrected chi connectivity index (χ2v) is 2.78. The van der Waals surface area contributed by atoms with Crippen molar-refractivity contribution in [1.82, 2.24) is 4.72 Å². The van der Waals surface area contributed by atoms with Crippen molar-refractivity contribution in [1.29, 1.82) is 0 Å². The van der Waals surface area contributed by atoms with Gasteiger partial charge in [-0.1, -0.05) is 0 Å². The van der Waals surface area contributed by atoms with E-state index in [2.05, 4.69) is 12.6 Å². The van der Waals surface area contributed by atoms with Gasteiger partial charge in [-0.2, -0.15) is 25.8 Å². The molecule has 0 saturated heterocycles. The summed E-state index contributed by atoms with van der Waals surface area (Å²) in [6.45, 7) is 0.155. The molecule has 0 fully saturated rings. The molecule has 0 radical (unpaired) electrons. The molecule has 0 rings (SSSR count). The highest BCUT2D eigenvalue weighted by molar-refractivity contribution is 7.84. The summed E-state index contributed by atoms with van der Waals surface area (Å²) in [7, 11) is -3.99. The molecule has 8 heavy (non-hydrogen) atoms. The highest BCUT2D eigenvalue weighted by Gasteiger charge is 1.97. The normalized spacial score (nSPS) is 11.8. The minimum Gasteiger partial charge on any atom is -0.273 e. The summed E-state index contributed by atoms with van der Waals surface area (Å²) >= 11 is 3.69. The fraction of sp³-hybridized carbons (Fsp3) is 1.00. The van der Waals surface area contributed by atoms with Gasteiger partial charge < -0.3 is 0 Å². The molecule has 4 nitrogen and oxygen atoms in total. The molecule has 0 amide bonds. The fourth-order valence-corrected chi connectivity index (χ4v) is 0.798. The van der Waals surface area contributed by atoms with Gasteiger partial charge in [0.1, 0.15) is 0 Å². The molecule has 0 spiro atoms. The monoisotopic (exact) mass is 157 g/mol. The largest absolute Gasteiger partial charge is 0.333 e. The summed E-state index contributed by atoms with van der Waals surface area (Å²) in [5, 5.41) is 0. The zero-order chi connectivity index (χ0) is 6.62. The lowest BCUT2D eigenvalue weighted by atomic mass is 10.8. The number of hydrogen-bond acceptors (Lipinski definition) is 3. The van der Waals surface area contributed by atoms with Crippen LogP contribution in [-0.4, -0.2) is 25.3 Å². The van der Waals surface area contributed by atoms with E-state index < -0.39 is 10.3 Å². The van der Waals surface area contributed by atoms with E-state index in [1.165, 1.54) is 0 Å². The minimum atomic E-state index is -3.99. The van der Waals surface area contributed by atoms with E-state index in [-0.39, 0.29) is 6.54 Å². The van der Waals surface area contributed by atoms with Crippen LogP contribution in [0.5, 0.6) is 0 Å². The molecule has 0 aliphatic rings. The molecule has 2 N–H and O–H groups in total. The summed E-state index contributed by atoms with van der Waals surface area (Å²) in [5.41, 5.74) is 0. The standard InChI is InChI=1S/C2H7NO3S2/c4-8(5,6)3-1-2-7/h3,7H,1-2H2,(H,4,5,6). The van der Waals surface area contributed by atoms with E-state index in [0.29, 0.717) is 5.75 Å². The topological polar surface area (TPSA) is 66.4 Å². The van der Waals surface area contributed by atoms with E-state index in [4.69, 9.17) is 4.55 Å². The molecular formula is C2H7NO3S2. The van der Waals surface area contributed by atoms with Crippen LogP contribution >= 0.6 is 12.6 Å². The molecule has 0 aromatic heterocycles. The molecule has 0 bridgehead atoms. The maximum absolute atomic E-state index is 9.80. The summed E-state index contributed by atoms with van der Waals surface area (Å²) in [6.07, 6.45) is 0. The lowest BCUT2D eigenvalue weighted by molar-refractivity contribution is 0.470. The second-order valence-electron chi connectivity index (χ2n) is 1.09. The molecule has 0 unspecified atom stereocenters. The van der Waals surface area contributed by atoms with Crippen molar-refractivity contribution in [3.8, 4) is 0 Å². The predicted molar refractivity (Wildman–Crippen MR) is 33.4 cm³/mol. The van der Waals surface area contributed by atoms with Crippen molar-refractivity contribution in [2.45, 2.75) is 0 Å². The first kappa shape index (κ1) is 8.22. The fourth-order valence-electron chi connectivity index (χ4n) is 0.175. The van der Waals surface area contributed by atoms with E-state index in [1.807, 2.05) is 4.72 Å². The van der Waals surface area contributed by atoms with Crippen LogP contribution in [0.1, 0.15) is 0 Å². The third-order valence-electron chi connectivity index (χ3n) is 0.396. The van der Waals surface area contributed by atoms with Gasteiger partial charge in [-0.25, -0.2) is 0 Å². The molecule has 0 aliphatic carbocycles. The number of rotatable bonds is 3. The van der Waals surface area contributed by atoms with Crippen LogP contribution in [0.3, 0.4) is 0 Å². The zero-order valence-corrected chi connectivity index (χ0v) is 5.74. The first-order chi connectivity index (χ1) is 3.56. The van der Waals surface area contributed by atoms with Crippen LogP contribution in [-0.2, 0) is 10.3 Å². The molecule has 50 valence electrons. The summed E-state index contributed by atoms with van der Waals surface area (Å²) < 4.78 is 29.4. The van der Waals surface area contributed by atoms with Crippen molar-refractivity contribution in [3.63, 3.8) is 0 Å². The minimum absolute atomic E-state index is 0.155.